The number of alkyl halides is 6. The van der Waals surface area contributed by atoms with E-state index in [1.54, 1.807) is 0 Å². The van der Waals surface area contributed by atoms with Gasteiger partial charge in [-0.1, -0.05) is 0 Å². The quantitative estimate of drug-likeness (QED) is 0.818. The van der Waals surface area contributed by atoms with E-state index in [4.69, 9.17) is 5.11 Å². The van der Waals surface area contributed by atoms with Crippen LogP contribution in [0.3, 0.4) is 0 Å². The van der Waals surface area contributed by atoms with Crippen LogP contribution in [0.4, 0.5) is 26.3 Å². The molecule has 1 saturated heterocycles. The van der Waals surface area contributed by atoms with Crippen molar-refractivity contribution in [2.45, 2.75) is 18.9 Å². The number of rotatable bonds is 3. The van der Waals surface area contributed by atoms with E-state index < -0.39 is 55.5 Å². The van der Waals surface area contributed by atoms with Crippen molar-refractivity contribution >= 4 is 18.4 Å². The van der Waals surface area contributed by atoms with Gasteiger partial charge in [-0.2, -0.15) is 31.4 Å². The fourth-order valence-electron chi connectivity index (χ4n) is 2.80. The first-order valence-electron chi connectivity index (χ1n) is 6.51. The van der Waals surface area contributed by atoms with E-state index >= 15 is 0 Å². The summed E-state index contributed by atoms with van der Waals surface area (Å²) in [5.41, 5.74) is -1.34. The number of likely N-dealkylation sites (tertiary alicyclic amines) is 1. The molecule has 1 aliphatic heterocycles. The van der Waals surface area contributed by atoms with Crippen LogP contribution in [0, 0.1) is 11.8 Å². The molecule has 0 aromatic carbocycles. The minimum absolute atomic E-state index is 0. The molecule has 0 saturated carbocycles. The van der Waals surface area contributed by atoms with Gasteiger partial charge >= 0.3 is 18.3 Å². The van der Waals surface area contributed by atoms with Gasteiger partial charge in [0.25, 0.3) is 0 Å². The Morgan fingerprint density at radius 3 is 2.29 bits per heavy atom. The predicted molar refractivity (Wildman–Crippen MR) is 71.4 cm³/mol. The van der Waals surface area contributed by atoms with Crippen molar-refractivity contribution in [3.05, 3.63) is 17.5 Å². The van der Waals surface area contributed by atoms with E-state index in [9.17, 15) is 31.1 Å². The summed E-state index contributed by atoms with van der Waals surface area (Å²) < 4.78 is 78.0. The Labute approximate surface area is 138 Å². The Morgan fingerprint density at radius 1 is 1.29 bits per heavy atom. The molecule has 1 aliphatic rings. The second-order valence-corrected chi connectivity index (χ2v) is 5.43. The lowest BCUT2D eigenvalue weighted by Gasteiger charge is -2.18. The van der Waals surface area contributed by atoms with Gasteiger partial charge in [0.1, 0.15) is 5.69 Å². The monoisotopic (exact) mass is 381 g/mol. The Bertz CT molecular complexity index is 601. The van der Waals surface area contributed by atoms with Crippen LogP contribution in [0.15, 0.2) is 6.20 Å². The number of hydrogen-bond donors (Lipinski definition) is 1. The second kappa shape index (κ2) is 6.79. The highest BCUT2D eigenvalue weighted by atomic mass is 35.5. The first-order chi connectivity index (χ1) is 10.4. The number of aromatic nitrogens is 2. The molecule has 0 aliphatic carbocycles. The molecular formula is C12H14ClF6N3O2. The van der Waals surface area contributed by atoms with Crippen LogP contribution in [0.25, 0.3) is 0 Å². The maximum Gasteiger partial charge on any atom is 0.433 e. The molecule has 0 bridgehead atoms. The number of carboxylic acids is 1. The zero-order valence-electron chi connectivity index (χ0n) is 12.2. The van der Waals surface area contributed by atoms with E-state index in [1.807, 2.05) is 0 Å². The fourth-order valence-corrected chi connectivity index (χ4v) is 2.80. The first-order valence-corrected chi connectivity index (χ1v) is 6.51. The van der Waals surface area contributed by atoms with Gasteiger partial charge in [0, 0.05) is 32.2 Å². The normalized spacial score (nSPS) is 22.5. The average Bonchev–Trinajstić information content (AvgIpc) is 2.92. The zero-order chi connectivity index (χ0) is 17.6. The van der Waals surface area contributed by atoms with Crippen LogP contribution in [0.2, 0.25) is 0 Å². The van der Waals surface area contributed by atoms with Crippen molar-refractivity contribution < 1.29 is 36.2 Å². The fraction of sp³-hybridized carbons (Fsp3) is 0.667. The van der Waals surface area contributed by atoms with Crippen LogP contribution in [0.1, 0.15) is 11.3 Å². The van der Waals surface area contributed by atoms with Gasteiger partial charge in [-0.15, -0.1) is 12.4 Å². The number of aliphatic carboxylic acids is 1. The van der Waals surface area contributed by atoms with Gasteiger partial charge in [0.05, 0.1) is 18.0 Å². The van der Waals surface area contributed by atoms with Gasteiger partial charge in [0.15, 0.2) is 0 Å². The van der Waals surface area contributed by atoms with Crippen LogP contribution < -0.4 is 0 Å². The van der Waals surface area contributed by atoms with Gasteiger partial charge in [0.2, 0.25) is 0 Å². The van der Waals surface area contributed by atoms with Crippen molar-refractivity contribution in [3.63, 3.8) is 0 Å². The van der Waals surface area contributed by atoms with Gasteiger partial charge in [-0.25, -0.2) is 0 Å². The van der Waals surface area contributed by atoms with Crippen molar-refractivity contribution in [1.29, 1.82) is 0 Å². The van der Waals surface area contributed by atoms with E-state index in [0.717, 1.165) is 18.1 Å². The molecule has 138 valence electrons. The van der Waals surface area contributed by atoms with Crippen molar-refractivity contribution in [3.8, 4) is 0 Å². The Balaban J connectivity index is 0.00000288. The summed E-state index contributed by atoms with van der Waals surface area (Å²) in [5.74, 6) is -5.41. The van der Waals surface area contributed by atoms with Crippen LogP contribution in [-0.4, -0.2) is 45.0 Å². The average molecular weight is 382 g/mol. The minimum atomic E-state index is -4.72. The van der Waals surface area contributed by atoms with E-state index in [-0.39, 0.29) is 18.0 Å². The molecule has 1 aromatic rings. The smallest absolute Gasteiger partial charge is 0.433 e. The second-order valence-electron chi connectivity index (χ2n) is 5.43. The summed E-state index contributed by atoms with van der Waals surface area (Å²) >= 11 is 0. The molecule has 0 spiro atoms. The Hall–Kier alpha value is -1.49. The highest BCUT2D eigenvalue weighted by Gasteiger charge is 2.52. The molecule has 1 N–H and O–H groups in total. The lowest BCUT2D eigenvalue weighted by atomic mass is 9.96. The summed E-state index contributed by atoms with van der Waals surface area (Å²) in [6, 6.07) is 0. The van der Waals surface area contributed by atoms with Gasteiger partial charge in [-0.3, -0.25) is 14.4 Å². The summed E-state index contributed by atoms with van der Waals surface area (Å²) in [6.45, 7) is -1.57. The third-order valence-electron chi connectivity index (χ3n) is 3.81. The largest absolute Gasteiger partial charge is 0.481 e. The number of hydrogen-bond acceptors (Lipinski definition) is 3. The Kier molecular flexibility index (Phi) is 5.81. The lowest BCUT2D eigenvalue weighted by molar-refractivity contribution is -0.188. The molecule has 5 nitrogen and oxygen atoms in total. The van der Waals surface area contributed by atoms with Crippen molar-refractivity contribution in [2.24, 2.45) is 18.9 Å². The topological polar surface area (TPSA) is 58.4 Å². The number of carboxylic acid groups (broad SMARTS) is 1. The maximum atomic E-state index is 12.9. The summed E-state index contributed by atoms with van der Waals surface area (Å²) in [5, 5.41) is 12.4. The van der Waals surface area contributed by atoms with Crippen molar-refractivity contribution in [2.75, 3.05) is 13.1 Å². The first kappa shape index (κ1) is 20.6. The van der Waals surface area contributed by atoms with Crippen LogP contribution in [0.5, 0.6) is 0 Å². The summed E-state index contributed by atoms with van der Waals surface area (Å²) in [4.78, 5) is 12.0. The van der Waals surface area contributed by atoms with E-state index in [2.05, 4.69) is 5.10 Å². The third-order valence-corrected chi connectivity index (χ3v) is 3.81. The number of halogens is 7. The van der Waals surface area contributed by atoms with Gasteiger partial charge in [-0.05, 0) is 0 Å². The lowest BCUT2D eigenvalue weighted by Crippen LogP contribution is -2.33. The number of nitrogens with zero attached hydrogens (tertiary/aromatic N) is 3. The molecule has 0 radical (unpaired) electrons. The zero-order valence-corrected chi connectivity index (χ0v) is 13.0. The molecule has 1 fully saturated rings. The summed E-state index contributed by atoms with van der Waals surface area (Å²) in [7, 11) is 1.08. The van der Waals surface area contributed by atoms with Crippen molar-refractivity contribution in [1.82, 2.24) is 14.7 Å². The molecule has 2 atom stereocenters. The maximum absolute atomic E-state index is 12.9. The predicted octanol–water partition coefficient (Wildman–Crippen LogP) is 2.56. The van der Waals surface area contributed by atoms with Crippen LogP contribution >= 0.6 is 12.4 Å². The SMILES string of the molecule is Cl.Cn1ncc(CN2C[C@@H](C(F)(F)F)[C@H](C(=O)O)C2)c1C(F)(F)F. The molecule has 2 heterocycles. The highest BCUT2D eigenvalue weighted by Crippen LogP contribution is 2.39. The van der Waals surface area contributed by atoms with Crippen LogP contribution in [-0.2, 0) is 24.6 Å². The summed E-state index contributed by atoms with van der Waals surface area (Å²) in [6.07, 6.45) is -8.49. The molecule has 2 rings (SSSR count). The number of carbonyl (C=O) groups is 1. The molecule has 12 heteroatoms. The number of aryl methyl sites for hydroxylation is 1. The van der Waals surface area contributed by atoms with E-state index in [1.165, 1.54) is 0 Å². The molecule has 0 unspecified atom stereocenters. The Morgan fingerprint density at radius 2 is 1.88 bits per heavy atom. The molecular weight excluding hydrogens is 368 g/mol. The third kappa shape index (κ3) is 4.12. The molecule has 0 amide bonds. The van der Waals surface area contributed by atoms with Gasteiger partial charge < -0.3 is 5.11 Å². The molecule has 1 aromatic heterocycles. The van der Waals surface area contributed by atoms with E-state index in [0.29, 0.717) is 4.68 Å². The standard InChI is InChI=1S/C12H13F6N3O2.ClH/c1-20-9(12(16,17)18)6(2-19-20)3-21-4-7(10(22)23)8(5-21)11(13,14)15;/h2,7-8H,3-5H2,1H3,(H,22,23);1H/t7-,8-;/m1./s1. The highest BCUT2D eigenvalue weighted by molar-refractivity contribution is 5.85. The minimum Gasteiger partial charge on any atom is -0.481 e. The molecule has 24 heavy (non-hydrogen) atoms.